The SMILES string of the molecule is CC(C)(C)N1CCN(C(=O)c2ccc(-c3ccc(Cl)cc3F)cc2F)CC1. The number of rotatable bonds is 2. The van der Waals surface area contributed by atoms with Crippen LogP contribution in [-0.4, -0.2) is 47.4 Å². The lowest BCUT2D eigenvalue weighted by atomic mass is 10.0. The minimum atomic E-state index is -0.648. The van der Waals surface area contributed by atoms with E-state index in [2.05, 4.69) is 25.7 Å². The lowest BCUT2D eigenvalue weighted by Gasteiger charge is -2.42. The Hall–Kier alpha value is -1.98. The molecule has 0 aromatic heterocycles. The molecule has 6 heteroatoms. The fraction of sp³-hybridized carbons (Fsp3) is 0.381. The van der Waals surface area contributed by atoms with Crippen molar-refractivity contribution in [2.24, 2.45) is 0 Å². The Morgan fingerprint density at radius 3 is 2.19 bits per heavy atom. The minimum absolute atomic E-state index is 0.0114. The third-order valence-electron chi connectivity index (χ3n) is 4.96. The second-order valence-electron chi connectivity index (χ2n) is 7.77. The van der Waals surface area contributed by atoms with Crippen molar-refractivity contribution in [3.63, 3.8) is 0 Å². The highest BCUT2D eigenvalue weighted by molar-refractivity contribution is 6.30. The van der Waals surface area contributed by atoms with Crippen LogP contribution in [0.3, 0.4) is 0 Å². The molecule has 3 rings (SSSR count). The van der Waals surface area contributed by atoms with Gasteiger partial charge >= 0.3 is 0 Å². The molecule has 144 valence electrons. The molecule has 0 radical (unpaired) electrons. The van der Waals surface area contributed by atoms with E-state index in [1.54, 1.807) is 17.0 Å². The fourth-order valence-corrected chi connectivity index (χ4v) is 3.49. The van der Waals surface area contributed by atoms with Gasteiger partial charge in [-0.15, -0.1) is 0 Å². The third kappa shape index (κ3) is 4.30. The molecule has 1 amide bonds. The predicted octanol–water partition coefficient (Wildman–Crippen LogP) is 4.84. The van der Waals surface area contributed by atoms with E-state index in [1.807, 2.05) is 0 Å². The molecule has 0 N–H and O–H groups in total. The van der Waals surface area contributed by atoms with Crippen LogP contribution < -0.4 is 0 Å². The van der Waals surface area contributed by atoms with Gasteiger partial charge in [-0.25, -0.2) is 8.78 Å². The number of piperazine rings is 1. The zero-order chi connectivity index (χ0) is 19.8. The zero-order valence-corrected chi connectivity index (χ0v) is 16.5. The van der Waals surface area contributed by atoms with E-state index in [9.17, 15) is 13.6 Å². The molecule has 1 saturated heterocycles. The van der Waals surface area contributed by atoms with Crippen molar-refractivity contribution in [3.05, 3.63) is 58.6 Å². The molecule has 3 nitrogen and oxygen atoms in total. The summed E-state index contributed by atoms with van der Waals surface area (Å²) in [5.74, 6) is -1.51. The number of halogens is 3. The van der Waals surface area contributed by atoms with Gasteiger partial charge < -0.3 is 4.90 Å². The molecule has 0 spiro atoms. The second kappa shape index (κ2) is 7.56. The highest BCUT2D eigenvalue weighted by atomic mass is 35.5. The van der Waals surface area contributed by atoms with Gasteiger partial charge in [-0.1, -0.05) is 17.7 Å². The van der Waals surface area contributed by atoms with Crippen LogP contribution in [0.5, 0.6) is 0 Å². The maximum atomic E-state index is 14.6. The molecule has 0 atom stereocenters. The summed E-state index contributed by atoms with van der Waals surface area (Å²) < 4.78 is 28.7. The minimum Gasteiger partial charge on any atom is -0.336 e. The van der Waals surface area contributed by atoms with Gasteiger partial charge in [-0.2, -0.15) is 0 Å². The van der Waals surface area contributed by atoms with Crippen molar-refractivity contribution < 1.29 is 13.6 Å². The van der Waals surface area contributed by atoms with Gasteiger partial charge in [0.05, 0.1) is 5.56 Å². The summed E-state index contributed by atoms with van der Waals surface area (Å²) in [6.45, 7) is 9.04. The lowest BCUT2D eigenvalue weighted by molar-refractivity contribution is 0.0447. The molecular weight excluding hydrogens is 370 g/mol. The molecule has 0 aliphatic carbocycles. The van der Waals surface area contributed by atoms with Crippen LogP contribution in [-0.2, 0) is 0 Å². The van der Waals surface area contributed by atoms with Crippen molar-refractivity contribution in [3.8, 4) is 11.1 Å². The summed E-state index contributed by atoms with van der Waals surface area (Å²) in [5.41, 5.74) is 0.675. The average Bonchev–Trinajstić information content (AvgIpc) is 2.60. The van der Waals surface area contributed by atoms with Crippen LogP contribution in [0.2, 0.25) is 5.02 Å². The quantitative estimate of drug-likeness (QED) is 0.730. The summed E-state index contributed by atoms with van der Waals surface area (Å²) in [7, 11) is 0. The first-order valence-electron chi connectivity index (χ1n) is 8.96. The van der Waals surface area contributed by atoms with E-state index in [4.69, 9.17) is 11.6 Å². The monoisotopic (exact) mass is 392 g/mol. The first-order chi connectivity index (χ1) is 12.7. The molecule has 0 saturated carbocycles. The highest BCUT2D eigenvalue weighted by Gasteiger charge is 2.29. The first-order valence-corrected chi connectivity index (χ1v) is 9.34. The van der Waals surface area contributed by atoms with Crippen LogP contribution in [0.15, 0.2) is 36.4 Å². The second-order valence-corrected chi connectivity index (χ2v) is 8.21. The van der Waals surface area contributed by atoms with Crippen LogP contribution >= 0.6 is 11.6 Å². The Bertz CT molecular complexity index is 856. The molecule has 0 bridgehead atoms. The summed E-state index contributed by atoms with van der Waals surface area (Å²) in [4.78, 5) is 16.7. The zero-order valence-electron chi connectivity index (χ0n) is 15.7. The number of hydrogen-bond donors (Lipinski definition) is 0. The molecule has 2 aromatic rings. The Labute approximate surface area is 163 Å². The highest BCUT2D eigenvalue weighted by Crippen LogP contribution is 2.27. The Morgan fingerprint density at radius 1 is 0.963 bits per heavy atom. The van der Waals surface area contributed by atoms with Gasteiger partial charge in [0.15, 0.2) is 0 Å². The van der Waals surface area contributed by atoms with E-state index >= 15 is 0 Å². The maximum Gasteiger partial charge on any atom is 0.256 e. The molecule has 1 aliphatic rings. The van der Waals surface area contributed by atoms with Gasteiger partial charge in [0, 0.05) is 42.3 Å². The third-order valence-corrected chi connectivity index (χ3v) is 5.19. The summed E-state index contributed by atoms with van der Waals surface area (Å²) in [6, 6.07) is 8.42. The van der Waals surface area contributed by atoms with Gasteiger partial charge in [-0.05, 0) is 56.7 Å². The number of hydrogen-bond acceptors (Lipinski definition) is 2. The molecule has 1 heterocycles. The van der Waals surface area contributed by atoms with Crippen molar-refractivity contribution in [2.75, 3.05) is 26.2 Å². The van der Waals surface area contributed by atoms with Crippen LogP contribution in [0.25, 0.3) is 11.1 Å². The number of amides is 1. The molecular formula is C21H23ClF2N2O. The first kappa shape index (κ1) is 19.8. The Kier molecular flexibility index (Phi) is 5.54. The summed E-state index contributed by atoms with van der Waals surface area (Å²) in [6.07, 6.45) is 0. The maximum absolute atomic E-state index is 14.6. The van der Waals surface area contributed by atoms with Gasteiger partial charge in [-0.3, -0.25) is 9.69 Å². The van der Waals surface area contributed by atoms with E-state index in [0.29, 0.717) is 18.7 Å². The van der Waals surface area contributed by atoms with E-state index in [-0.39, 0.29) is 27.6 Å². The Morgan fingerprint density at radius 2 is 1.63 bits per heavy atom. The van der Waals surface area contributed by atoms with Crippen molar-refractivity contribution >= 4 is 17.5 Å². The van der Waals surface area contributed by atoms with Crippen molar-refractivity contribution in [1.82, 2.24) is 9.80 Å². The lowest BCUT2D eigenvalue weighted by Crippen LogP contribution is -2.54. The van der Waals surface area contributed by atoms with E-state index < -0.39 is 11.6 Å². The smallest absolute Gasteiger partial charge is 0.256 e. The van der Waals surface area contributed by atoms with Gasteiger partial charge in [0.25, 0.3) is 5.91 Å². The molecule has 0 unspecified atom stereocenters. The van der Waals surface area contributed by atoms with Crippen molar-refractivity contribution in [1.29, 1.82) is 0 Å². The fourth-order valence-electron chi connectivity index (χ4n) is 3.33. The average molecular weight is 393 g/mol. The topological polar surface area (TPSA) is 23.6 Å². The standard InChI is InChI=1S/C21H23ClF2N2O/c1-21(2,3)26-10-8-25(9-11-26)20(27)17-6-4-14(12-18(17)23)16-7-5-15(22)13-19(16)24/h4-7,12-13H,8-11H2,1-3H3. The molecule has 2 aromatic carbocycles. The predicted molar refractivity (Wildman–Crippen MR) is 104 cm³/mol. The molecule has 1 fully saturated rings. The van der Waals surface area contributed by atoms with Crippen molar-refractivity contribution in [2.45, 2.75) is 26.3 Å². The van der Waals surface area contributed by atoms with E-state index in [0.717, 1.165) is 13.1 Å². The van der Waals surface area contributed by atoms with E-state index in [1.165, 1.54) is 24.3 Å². The van der Waals surface area contributed by atoms with Crippen LogP contribution in [0.4, 0.5) is 8.78 Å². The van der Waals surface area contributed by atoms with Crippen LogP contribution in [0, 0.1) is 11.6 Å². The Balaban J connectivity index is 1.77. The number of benzene rings is 2. The number of carbonyl (C=O) groups is 1. The summed E-state index contributed by atoms with van der Waals surface area (Å²) in [5, 5.41) is 0.276. The number of nitrogens with zero attached hydrogens (tertiary/aromatic N) is 2. The van der Waals surface area contributed by atoms with Crippen LogP contribution in [0.1, 0.15) is 31.1 Å². The largest absolute Gasteiger partial charge is 0.336 e. The van der Waals surface area contributed by atoms with Gasteiger partial charge in [0.2, 0.25) is 0 Å². The molecule has 1 aliphatic heterocycles. The number of carbonyl (C=O) groups excluding carboxylic acids is 1. The summed E-state index contributed by atoms with van der Waals surface area (Å²) >= 11 is 5.76. The normalized spacial score (nSPS) is 15.9. The van der Waals surface area contributed by atoms with Gasteiger partial charge in [0.1, 0.15) is 11.6 Å². The molecule has 27 heavy (non-hydrogen) atoms.